The molecule has 2 atom stereocenters. The van der Waals surface area contributed by atoms with Crippen LogP contribution in [0.1, 0.15) is 65.2 Å². The largest absolute Gasteiger partial charge is 0.365 e. The fourth-order valence-corrected chi connectivity index (χ4v) is 3.63. The maximum absolute atomic E-state index is 12.5. The molecule has 4 nitrogen and oxygen atoms in total. The predicted octanol–water partition coefficient (Wildman–Crippen LogP) is 2.70. The summed E-state index contributed by atoms with van der Waals surface area (Å²) >= 11 is 0. The van der Waals surface area contributed by atoms with Gasteiger partial charge >= 0.3 is 0 Å². The van der Waals surface area contributed by atoms with Crippen LogP contribution < -0.4 is 5.73 Å². The van der Waals surface area contributed by atoms with Crippen LogP contribution in [-0.2, 0) is 9.53 Å². The summed E-state index contributed by atoms with van der Waals surface area (Å²) in [6, 6.07) is 0.238. The summed E-state index contributed by atoms with van der Waals surface area (Å²) in [4.78, 5) is 14.5. The van der Waals surface area contributed by atoms with Crippen molar-refractivity contribution in [2.45, 2.75) is 83.5 Å². The molecule has 0 aromatic rings. The van der Waals surface area contributed by atoms with Crippen LogP contribution >= 0.6 is 0 Å². The lowest BCUT2D eigenvalue weighted by Crippen LogP contribution is -2.46. The van der Waals surface area contributed by atoms with E-state index in [2.05, 4.69) is 6.92 Å². The summed E-state index contributed by atoms with van der Waals surface area (Å²) in [5.41, 5.74) is 5.96. The summed E-state index contributed by atoms with van der Waals surface area (Å²) in [6.07, 6.45) is 9.39. The molecule has 21 heavy (non-hydrogen) atoms. The Labute approximate surface area is 129 Å². The highest BCUT2D eigenvalue weighted by Crippen LogP contribution is 2.23. The highest BCUT2D eigenvalue weighted by atomic mass is 16.5. The number of rotatable bonds is 4. The number of amides is 1. The number of carbonyl (C=O) groups excluding carboxylic acids is 1. The van der Waals surface area contributed by atoms with E-state index in [1.54, 1.807) is 0 Å². The van der Waals surface area contributed by atoms with Crippen molar-refractivity contribution in [3.8, 4) is 0 Å². The molecule has 1 aliphatic heterocycles. The second kappa shape index (κ2) is 8.14. The monoisotopic (exact) mass is 296 g/mol. The van der Waals surface area contributed by atoms with E-state index in [1.807, 2.05) is 11.8 Å². The number of ether oxygens (including phenoxy) is 1. The van der Waals surface area contributed by atoms with Gasteiger partial charge in [-0.15, -0.1) is 0 Å². The number of piperidine rings is 1. The van der Waals surface area contributed by atoms with Gasteiger partial charge in [-0.05, 0) is 45.4 Å². The van der Waals surface area contributed by atoms with E-state index in [0.29, 0.717) is 5.92 Å². The van der Waals surface area contributed by atoms with Crippen molar-refractivity contribution in [3.63, 3.8) is 0 Å². The molecule has 4 heteroatoms. The third kappa shape index (κ3) is 4.96. The van der Waals surface area contributed by atoms with Crippen LogP contribution in [0.15, 0.2) is 0 Å². The van der Waals surface area contributed by atoms with Gasteiger partial charge in [0.2, 0.25) is 0 Å². The van der Waals surface area contributed by atoms with Crippen molar-refractivity contribution in [2.75, 3.05) is 13.1 Å². The van der Waals surface area contributed by atoms with Crippen molar-refractivity contribution in [1.82, 2.24) is 4.90 Å². The number of carbonyl (C=O) groups is 1. The van der Waals surface area contributed by atoms with Gasteiger partial charge in [0.05, 0.1) is 6.10 Å². The smallest absolute Gasteiger partial charge is 0.251 e. The van der Waals surface area contributed by atoms with Crippen molar-refractivity contribution < 1.29 is 9.53 Å². The van der Waals surface area contributed by atoms with E-state index >= 15 is 0 Å². The molecule has 0 spiro atoms. The van der Waals surface area contributed by atoms with Crippen LogP contribution in [0.5, 0.6) is 0 Å². The highest BCUT2D eigenvalue weighted by Gasteiger charge is 2.29. The Hall–Kier alpha value is -0.610. The molecule has 2 fully saturated rings. The number of hydrogen-bond acceptors (Lipinski definition) is 3. The summed E-state index contributed by atoms with van der Waals surface area (Å²) in [6.45, 7) is 5.66. The van der Waals surface area contributed by atoms with Gasteiger partial charge < -0.3 is 15.4 Å². The Balaban J connectivity index is 1.77. The van der Waals surface area contributed by atoms with Gasteiger partial charge in [-0.2, -0.15) is 0 Å². The van der Waals surface area contributed by atoms with Crippen LogP contribution in [0, 0.1) is 5.92 Å². The van der Waals surface area contributed by atoms with Gasteiger partial charge in [0.15, 0.2) is 0 Å². The second-order valence-corrected chi connectivity index (χ2v) is 6.91. The summed E-state index contributed by atoms with van der Waals surface area (Å²) in [5.74, 6) is 0.731. The predicted molar refractivity (Wildman–Crippen MR) is 85.0 cm³/mol. The van der Waals surface area contributed by atoms with Crippen LogP contribution in [0.3, 0.4) is 0 Å². The minimum atomic E-state index is -0.292. The Bertz CT molecular complexity index is 317. The van der Waals surface area contributed by atoms with Gasteiger partial charge in [0.1, 0.15) is 6.10 Å². The Morgan fingerprint density at radius 1 is 1.05 bits per heavy atom. The van der Waals surface area contributed by atoms with E-state index < -0.39 is 0 Å². The lowest BCUT2D eigenvalue weighted by Gasteiger charge is -2.35. The first-order valence-electron chi connectivity index (χ1n) is 8.77. The van der Waals surface area contributed by atoms with E-state index in [-0.39, 0.29) is 24.2 Å². The molecule has 0 bridgehead atoms. The fraction of sp³-hybridized carbons (Fsp3) is 0.941. The average molecular weight is 296 g/mol. The first kappa shape index (κ1) is 16.8. The molecule has 0 aromatic heterocycles. The van der Waals surface area contributed by atoms with Gasteiger partial charge in [-0.3, -0.25) is 4.79 Å². The second-order valence-electron chi connectivity index (χ2n) is 6.91. The lowest BCUT2D eigenvalue weighted by molar-refractivity contribution is -0.148. The van der Waals surface area contributed by atoms with Crippen molar-refractivity contribution >= 4 is 5.91 Å². The molecule has 1 saturated carbocycles. The standard InChI is InChI=1S/C17H32N2O2/c1-13(18)15-9-11-19(12-10-15)17(20)14(2)21-16-7-5-3-4-6-8-16/h13-16H,3-12,18H2,1-2H3. The Morgan fingerprint density at radius 3 is 2.14 bits per heavy atom. The number of likely N-dealkylation sites (tertiary alicyclic amines) is 1. The molecule has 0 radical (unpaired) electrons. The fourth-order valence-electron chi connectivity index (χ4n) is 3.63. The van der Waals surface area contributed by atoms with E-state index in [1.165, 1.54) is 25.7 Å². The van der Waals surface area contributed by atoms with Gasteiger partial charge in [-0.25, -0.2) is 0 Å². The van der Waals surface area contributed by atoms with Crippen LogP contribution in [0.4, 0.5) is 0 Å². The number of nitrogens with zero attached hydrogens (tertiary/aromatic N) is 1. The molecular formula is C17H32N2O2. The van der Waals surface area contributed by atoms with Gasteiger partial charge in [0, 0.05) is 19.1 Å². The van der Waals surface area contributed by atoms with Crippen molar-refractivity contribution in [2.24, 2.45) is 11.7 Å². The quantitative estimate of drug-likeness (QED) is 0.812. The van der Waals surface area contributed by atoms with Crippen molar-refractivity contribution in [3.05, 3.63) is 0 Å². The Morgan fingerprint density at radius 2 is 1.62 bits per heavy atom. The number of hydrogen-bond donors (Lipinski definition) is 1. The van der Waals surface area contributed by atoms with Crippen LogP contribution in [0.25, 0.3) is 0 Å². The summed E-state index contributed by atoms with van der Waals surface area (Å²) in [7, 11) is 0. The molecule has 2 aliphatic rings. The van der Waals surface area contributed by atoms with Gasteiger partial charge in [-0.1, -0.05) is 25.7 Å². The van der Waals surface area contributed by atoms with E-state index in [4.69, 9.17) is 10.5 Å². The van der Waals surface area contributed by atoms with E-state index in [0.717, 1.165) is 38.8 Å². The molecule has 1 amide bonds. The first-order valence-corrected chi connectivity index (χ1v) is 8.77. The lowest BCUT2D eigenvalue weighted by atomic mass is 9.91. The Kier molecular flexibility index (Phi) is 6.49. The minimum Gasteiger partial charge on any atom is -0.365 e. The SMILES string of the molecule is CC(OC1CCCCCC1)C(=O)N1CCC(C(C)N)CC1. The maximum Gasteiger partial charge on any atom is 0.251 e. The maximum atomic E-state index is 12.5. The van der Waals surface area contributed by atoms with Crippen molar-refractivity contribution in [1.29, 1.82) is 0 Å². The summed E-state index contributed by atoms with van der Waals surface area (Å²) in [5, 5.41) is 0. The molecule has 122 valence electrons. The molecule has 1 heterocycles. The molecule has 0 aromatic carbocycles. The summed E-state index contributed by atoms with van der Waals surface area (Å²) < 4.78 is 6.04. The molecule has 1 saturated heterocycles. The van der Waals surface area contributed by atoms with Gasteiger partial charge in [0.25, 0.3) is 5.91 Å². The minimum absolute atomic E-state index is 0.169. The first-order chi connectivity index (χ1) is 10.1. The van der Waals surface area contributed by atoms with Crippen LogP contribution in [0.2, 0.25) is 0 Å². The molecule has 1 aliphatic carbocycles. The molecule has 2 unspecified atom stereocenters. The normalized spacial score (nSPS) is 25.4. The zero-order valence-corrected chi connectivity index (χ0v) is 13.7. The third-order valence-electron chi connectivity index (χ3n) is 5.14. The zero-order valence-electron chi connectivity index (χ0n) is 13.7. The topological polar surface area (TPSA) is 55.6 Å². The molecule has 2 N–H and O–H groups in total. The van der Waals surface area contributed by atoms with Crippen LogP contribution in [-0.4, -0.2) is 42.1 Å². The molecular weight excluding hydrogens is 264 g/mol. The highest BCUT2D eigenvalue weighted by molar-refractivity contribution is 5.80. The average Bonchev–Trinajstić information content (AvgIpc) is 2.75. The van der Waals surface area contributed by atoms with E-state index in [9.17, 15) is 4.79 Å². The third-order valence-corrected chi connectivity index (χ3v) is 5.14. The zero-order chi connectivity index (χ0) is 15.2. The number of nitrogens with two attached hydrogens (primary N) is 1. The molecule has 2 rings (SSSR count).